The lowest BCUT2D eigenvalue weighted by Crippen LogP contribution is -2.31. The topological polar surface area (TPSA) is 88.9 Å². The molecule has 3 rings (SSSR count). The monoisotopic (exact) mass is 384 g/mol. The number of rotatable bonds is 7. The highest BCUT2D eigenvalue weighted by Crippen LogP contribution is 2.33. The van der Waals surface area contributed by atoms with Crippen molar-refractivity contribution in [3.05, 3.63) is 23.5 Å². The maximum atomic E-state index is 12.9. The number of nitrogens with zero attached hydrogens (tertiary/aromatic N) is 2. The van der Waals surface area contributed by atoms with Gasteiger partial charge in [0.2, 0.25) is 0 Å². The van der Waals surface area contributed by atoms with Crippen molar-refractivity contribution in [2.24, 2.45) is 0 Å². The Kier molecular flexibility index (Phi) is 5.54. The third-order valence-corrected chi connectivity index (χ3v) is 4.15. The molecule has 27 heavy (non-hydrogen) atoms. The van der Waals surface area contributed by atoms with Gasteiger partial charge in [0.05, 0.1) is 25.3 Å². The van der Waals surface area contributed by atoms with Crippen molar-refractivity contribution in [2.75, 3.05) is 13.7 Å². The number of halogens is 2. The molecule has 0 saturated carbocycles. The lowest BCUT2D eigenvalue weighted by Gasteiger charge is -2.27. The average Bonchev–Trinajstić information content (AvgIpc) is 2.93. The molecule has 1 saturated heterocycles. The van der Waals surface area contributed by atoms with Gasteiger partial charge in [-0.1, -0.05) is 0 Å². The van der Waals surface area contributed by atoms with Crippen molar-refractivity contribution in [3.63, 3.8) is 0 Å². The first-order chi connectivity index (χ1) is 12.9. The third kappa shape index (κ3) is 4.00. The number of hydrogen-bond acceptors (Lipinski definition) is 7. The van der Waals surface area contributed by atoms with Gasteiger partial charge in [0.15, 0.2) is 5.75 Å². The quantitative estimate of drug-likeness (QED) is 0.677. The van der Waals surface area contributed by atoms with E-state index >= 15 is 0 Å². The number of esters is 2. The maximum absolute atomic E-state index is 12.9. The van der Waals surface area contributed by atoms with Crippen molar-refractivity contribution in [1.82, 2.24) is 9.55 Å². The van der Waals surface area contributed by atoms with Crippen LogP contribution in [0.25, 0.3) is 11.0 Å². The number of benzene rings is 1. The predicted molar refractivity (Wildman–Crippen MR) is 87.5 cm³/mol. The fourth-order valence-electron chi connectivity index (χ4n) is 2.81. The van der Waals surface area contributed by atoms with E-state index < -0.39 is 18.6 Å². The van der Waals surface area contributed by atoms with Crippen LogP contribution in [0, 0.1) is 0 Å². The van der Waals surface area contributed by atoms with Crippen LogP contribution in [0.4, 0.5) is 8.78 Å². The first-order valence-electron chi connectivity index (χ1n) is 8.21. The Labute approximate surface area is 153 Å². The summed E-state index contributed by atoms with van der Waals surface area (Å²) in [5.41, 5.74) is 0.338. The van der Waals surface area contributed by atoms with Gasteiger partial charge in [0.1, 0.15) is 23.5 Å². The van der Waals surface area contributed by atoms with E-state index in [0.29, 0.717) is 24.5 Å². The minimum atomic E-state index is -3.16. The van der Waals surface area contributed by atoms with E-state index in [0.717, 1.165) is 13.5 Å². The minimum Gasteiger partial charge on any atom is -0.465 e. The van der Waals surface area contributed by atoms with E-state index in [1.807, 2.05) is 0 Å². The molecule has 1 atom stereocenters. The maximum Gasteiger partial charge on any atom is 0.387 e. The zero-order valence-electron chi connectivity index (χ0n) is 14.7. The molecule has 1 aromatic carbocycles. The van der Waals surface area contributed by atoms with Crippen LogP contribution in [0.5, 0.6) is 5.75 Å². The standard InChI is InChI=1S/C17H18F2N2O6/c1-9(22)26-8-13-20-14-12(21(13)7-10-5-6-25-10)4-3-11(16(23)24-2)15(14)27-17(18)19/h3-4,10,17H,5-8H2,1-2H3/t10-/m0/s1. The molecule has 8 nitrogen and oxygen atoms in total. The SMILES string of the molecule is COC(=O)c1ccc2c(nc(COC(C)=O)n2C[C@@H]2CCO2)c1OC(F)F. The van der Waals surface area contributed by atoms with E-state index in [1.165, 1.54) is 13.0 Å². The molecule has 0 bridgehead atoms. The second-order valence-corrected chi connectivity index (χ2v) is 5.88. The van der Waals surface area contributed by atoms with Crippen molar-refractivity contribution in [3.8, 4) is 5.75 Å². The molecule has 2 aromatic rings. The molecular formula is C17H18F2N2O6. The van der Waals surface area contributed by atoms with Crippen molar-refractivity contribution in [2.45, 2.75) is 39.2 Å². The molecule has 146 valence electrons. The van der Waals surface area contributed by atoms with Crippen LogP contribution < -0.4 is 4.74 Å². The van der Waals surface area contributed by atoms with Gasteiger partial charge in [-0.3, -0.25) is 4.79 Å². The zero-order chi connectivity index (χ0) is 19.6. The van der Waals surface area contributed by atoms with Gasteiger partial charge in [-0.05, 0) is 18.6 Å². The van der Waals surface area contributed by atoms with E-state index in [2.05, 4.69) is 14.5 Å². The molecule has 1 aliphatic heterocycles. The van der Waals surface area contributed by atoms with Crippen molar-refractivity contribution in [1.29, 1.82) is 0 Å². The molecule has 0 unspecified atom stereocenters. The highest BCUT2D eigenvalue weighted by atomic mass is 19.3. The summed E-state index contributed by atoms with van der Waals surface area (Å²) in [6.07, 6.45) is 0.783. The average molecular weight is 384 g/mol. The Morgan fingerprint density at radius 3 is 2.70 bits per heavy atom. The van der Waals surface area contributed by atoms with Crippen LogP contribution >= 0.6 is 0 Å². The van der Waals surface area contributed by atoms with Gasteiger partial charge >= 0.3 is 18.6 Å². The zero-order valence-corrected chi connectivity index (χ0v) is 14.7. The van der Waals surface area contributed by atoms with Gasteiger partial charge in [-0.2, -0.15) is 8.78 Å². The van der Waals surface area contributed by atoms with Crippen LogP contribution in [0.3, 0.4) is 0 Å². The highest BCUT2D eigenvalue weighted by molar-refractivity contribution is 5.99. The van der Waals surface area contributed by atoms with E-state index in [9.17, 15) is 18.4 Å². The summed E-state index contributed by atoms with van der Waals surface area (Å²) in [6, 6.07) is 2.89. The van der Waals surface area contributed by atoms with Crippen LogP contribution in [0.1, 0.15) is 29.5 Å². The molecule has 0 aliphatic carbocycles. The summed E-state index contributed by atoms with van der Waals surface area (Å²) in [7, 11) is 1.14. The molecule has 1 aliphatic rings. The largest absolute Gasteiger partial charge is 0.465 e. The Hall–Kier alpha value is -2.75. The number of alkyl halides is 2. The van der Waals surface area contributed by atoms with Crippen molar-refractivity contribution >= 4 is 23.0 Å². The Morgan fingerprint density at radius 2 is 2.15 bits per heavy atom. The fourth-order valence-corrected chi connectivity index (χ4v) is 2.81. The van der Waals surface area contributed by atoms with Crippen molar-refractivity contribution < 1.29 is 37.3 Å². The lowest BCUT2D eigenvalue weighted by molar-refractivity contribution is -0.142. The van der Waals surface area contributed by atoms with Crippen LogP contribution in [0.15, 0.2) is 12.1 Å². The van der Waals surface area contributed by atoms with Crippen LogP contribution in [0.2, 0.25) is 0 Å². The number of methoxy groups -OCH3 is 1. The normalized spacial score (nSPS) is 16.3. The Morgan fingerprint density at radius 1 is 1.41 bits per heavy atom. The summed E-state index contributed by atoms with van der Waals surface area (Å²) >= 11 is 0. The molecule has 0 radical (unpaired) electrons. The summed E-state index contributed by atoms with van der Waals surface area (Å²) < 4.78 is 47.2. The number of hydrogen-bond donors (Lipinski definition) is 0. The Balaban J connectivity index is 2.12. The predicted octanol–water partition coefficient (Wildman–Crippen LogP) is 2.28. The number of carbonyl (C=O) groups excluding carboxylic acids is 2. The summed E-state index contributed by atoms with van der Waals surface area (Å²) in [5.74, 6) is -1.39. The summed E-state index contributed by atoms with van der Waals surface area (Å²) in [5, 5.41) is 0. The van der Waals surface area contributed by atoms with Crippen LogP contribution in [-0.4, -0.2) is 47.9 Å². The minimum absolute atomic E-state index is 0.0553. The van der Waals surface area contributed by atoms with Gasteiger partial charge in [-0.15, -0.1) is 0 Å². The smallest absolute Gasteiger partial charge is 0.387 e. The molecule has 0 spiro atoms. The van der Waals surface area contributed by atoms with Gasteiger partial charge in [0, 0.05) is 13.5 Å². The summed E-state index contributed by atoms with van der Waals surface area (Å²) in [6.45, 7) is -1.01. The van der Waals surface area contributed by atoms with E-state index in [1.54, 1.807) is 10.6 Å². The van der Waals surface area contributed by atoms with Gasteiger partial charge in [-0.25, -0.2) is 9.78 Å². The molecule has 2 heterocycles. The highest BCUT2D eigenvalue weighted by Gasteiger charge is 2.27. The second kappa shape index (κ2) is 7.87. The van der Waals surface area contributed by atoms with E-state index in [4.69, 9.17) is 9.47 Å². The first kappa shape index (κ1) is 19.0. The number of ether oxygens (including phenoxy) is 4. The van der Waals surface area contributed by atoms with Crippen LogP contribution in [-0.2, 0) is 32.2 Å². The summed E-state index contributed by atoms with van der Waals surface area (Å²) in [4.78, 5) is 27.4. The third-order valence-electron chi connectivity index (χ3n) is 4.15. The molecule has 0 N–H and O–H groups in total. The lowest BCUT2D eigenvalue weighted by atomic mass is 10.1. The molecular weight excluding hydrogens is 366 g/mol. The Bertz CT molecular complexity index is 863. The first-order valence-corrected chi connectivity index (χ1v) is 8.21. The number of carbonyl (C=O) groups is 2. The van der Waals surface area contributed by atoms with E-state index in [-0.39, 0.29) is 29.5 Å². The number of aromatic nitrogens is 2. The molecule has 0 amide bonds. The molecule has 1 aromatic heterocycles. The second-order valence-electron chi connectivity index (χ2n) is 5.88. The number of imidazole rings is 1. The molecule has 10 heteroatoms. The number of fused-ring (bicyclic) bond motifs is 1. The van der Waals surface area contributed by atoms with Gasteiger partial charge < -0.3 is 23.5 Å². The fraction of sp³-hybridized carbons (Fsp3) is 0.471. The van der Waals surface area contributed by atoms with Gasteiger partial charge in [0.25, 0.3) is 0 Å². The molecule has 1 fully saturated rings.